The average Bonchev–Trinajstić information content (AvgIpc) is 3.24. The third kappa shape index (κ3) is 5.78. The van der Waals surface area contributed by atoms with E-state index in [2.05, 4.69) is 4.98 Å². The van der Waals surface area contributed by atoms with E-state index < -0.39 is 39.6 Å². The molecule has 1 saturated heterocycles. The number of carboxylic acid groups (broad SMARTS) is 1. The molecule has 1 amide bonds. The highest BCUT2D eigenvalue weighted by Gasteiger charge is 2.27. The lowest BCUT2D eigenvalue weighted by atomic mass is 9.97. The number of rotatable bonds is 7. The number of hydrogen-bond acceptors (Lipinski definition) is 6. The first-order chi connectivity index (χ1) is 17.5. The maximum Gasteiger partial charge on any atom is 0.410 e. The minimum Gasteiger partial charge on any atom is -0.477 e. The number of carbonyl (C=O) groups excluding carboxylic acids is 1. The van der Waals surface area contributed by atoms with E-state index in [4.69, 9.17) is 10.5 Å². The lowest BCUT2D eigenvalue weighted by Gasteiger charge is -2.31. The minimum atomic E-state index is -3.45. The molecule has 1 aliphatic rings. The Morgan fingerprint density at radius 1 is 1.24 bits per heavy atom. The molecule has 9 nitrogen and oxygen atoms in total. The number of benzene rings is 2. The van der Waals surface area contributed by atoms with Gasteiger partial charge in [-0.1, -0.05) is 30.3 Å². The van der Waals surface area contributed by atoms with Crippen molar-refractivity contribution in [3.8, 4) is 11.1 Å². The maximum absolute atomic E-state index is 14.8. The number of carbonyl (C=O) groups is 2. The van der Waals surface area contributed by atoms with E-state index in [-0.39, 0.29) is 22.4 Å². The molecule has 2 heterocycles. The van der Waals surface area contributed by atoms with Gasteiger partial charge in [0.05, 0.1) is 11.3 Å². The van der Waals surface area contributed by atoms with Gasteiger partial charge in [0.25, 0.3) is 0 Å². The summed E-state index contributed by atoms with van der Waals surface area (Å²) in [5.74, 6) is -2.06. The number of nitrogens with one attached hydrogen (secondary N) is 1. The second kappa shape index (κ2) is 10.5. The first kappa shape index (κ1) is 26.6. The Morgan fingerprint density at radius 3 is 2.54 bits per heavy atom. The number of nitrogens with zero attached hydrogens (tertiary/aromatic N) is 1. The lowest BCUT2D eigenvalue weighted by molar-refractivity contribution is 0.0596. The summed E-state index contributed by atoms with van der Waals surface area (Å²) in [5, 5.41) is 10.4. The molecule has 11 heteroatoms. The summed E-state index contributed by atoms with van der Waals surface area (Å²) in [6, 6.07) is 9.13. The van der Waals surface area contributed by atoms with Crippen LogP contribution in [0.2, 0.25) is 0 Å². The zero-order chi connectivity index (χ0) is 26.9. The van der Waals surface area contributed by atoms with Crippen molar-refractivity contribution in [3.05, 3.63) is 59.0 Å². The van der Waals surface area contributed by atoms with E-state index in [1.807, 2.05) is 0 Å². The highest BCUT2D eigenvalue weighted by molar-refractivity contribution is 7.89. The molecule has 1 fully saturated rings. The number of ether oxygens (including phenoxy) is 1. The summed E-state index contributed by atoms with van der Waals surface area (Å²) in [4.78, 5) is 29.4. The highest BCUT2D eigenvalue weighted by atomic mass is 32.2. The van der Waals surface area contributed by atoms with Crippen LogP contribution in [-0.2, 0) is 20.3 Å². The molecule has 2 aromatic carbocycles. The van der Waals surface area contributed by atoms with Crippen LogP contribution in [0.4, 0.5) is 9.18 Å². The number of likely N-dealkylation sites (tertiary alicyclic amines) is 1. The van der Waals surface area contributed by atoms with Crippen LogP contribution in [0.3, 0.4) is 0 Å². The first-order valence-corrected chi connectivity index (χ1v) is 14.0. The fraction of sp³-hybridized carbons (Fsp3) is 0.385. The quantitative estimate of drug-likeness (QED) is 0.417. The number of amides is 1. The zero-order valence-electron chi connectivity index (χ0n) is 20.7. The van der Waals surface area contributed by atoms with E-state index in [1.54, 1.807) is 30.0 Å². The van der Waals surface area contributed by atoms with Crippen molar-refractivity contribution in [1.29, 1.82) is 0 Å². The Balaban J connectivity index is 1.68. The topological polar surface area (TPSA) is 143 Å². The third-order valence-electron chi connectivity index (χ3n) is 6.76. The largest absolute Gasteiger partial charge is 0.477 e. The van der Waals surface area contributed by atoms with Crippen molar-refractivity contribution >= 4 is 32.8 Å². The summed E-state index contributed by atoms with van der Waals surface area (Å²) in [7, 11) is -3.45. The van der Waals surface area contributed by atoms with Crippen LogP contribution in [0.5, 0.6) is 0 Å². The molecule has 1 aliphatic heterocycles. The number of sulfone groups is 1. The number of para-hydroxylation sites is 1. The van der Waals surface area contributed by atoms with Gasteiger partial charge < -0.3 is 25.5 Å². The Labute approximate surface area is 214 Å². The number of halogens is 1. The van der Waals surface area contributed by atoms with Gasteiger partial charge >= 0.3 is 12.1 Å². The van der Waals surface area contributed by atoms with Gasteiger partial charge in [-0.25, -0.2) is 22.4 Å². The van der Waals surface area contributed by atoms with Gasteiger partial charge in [0.15, 0.2) is 9.84 Å². The number of aromatic nitrogens is 1. The van der Waals surface area contributed by atoms with E-state index in [1.165, 1.54) is 12.1 Å². The molecule has 0 saturated carbocycles. The van der Waals surface area contributed by atoms with Crippen molar-refractivity contribution in [2.45, 2.75) is 31.6 Å². The summed E-state index contributed by atoms with van der Waals surface area (Å²) in [5.41, 5.74) is 7.15. The summed E-state index contributed by atoms with van der Waals surface area (Å²) in [6.07, 6.45) is 1.51. The van der Waals surface area contributed by atoms with Crippen LogP contribution in [0.15, 0.2) is 36.4 Å². The standard InChI is InChI=1S/C26H30FN3O6S/c1-15(36-26(33)30-10-8-16(13-28)9-11-30)19-4-3-5-20-22(24(25(31)32)29-23(19)20)17-6-7-18(21(27)12-17)14-37(2,34)35/h3-7,12,15-16,29H,8-11,13-14,28H2,1-2H3,(H,31,32). The van der Waals surface area contributed by atoms with Crippen LogP contribution in [0, 0.1) is 11.7 Å². The monoisotopic (exact) mass is 531 g/mol. The average molecular weight is 532 g/mol. The number of nitrogens with two attached hydrogens (primary N) is 1. The normalized spacial score (nSPS) is 15.6. The fourth-order valence-electron chi connectivity index (χ4n) is 4.78. The van der Waals surface area contributed by atoms with Crippen molar-refractivity contribution in [1.82, 2.24) is 9.88 Å². The number of piperidine rings is 1. The minimum absolute atomic E-state index is 0.000291. The van der Waals surface area contributed by atoms with Crippen LogP contribution in [0.1, 0.15) is 47.5 Å². The molecule has 0 spiro atoms. The van der Waals surface area contributed by atoms with Crippen LogP contribution >= 0.6 is 0 Å². The van der Waals surface area contributed by atoms with Crippen molar-refractivity contribution < 1.29 is 32.2 Å². The molecule has 4 rings (SSSR count). The number of hydrogen-bond donors (Lipinski definition) is 3. The second-order valence-electron chi connectivity index (χ2n) is 9.52. The first-order valence-electron chi connectivity index (χ1n) is 12.0. The molecule has 3 aromatic rings. The predicted octanol–water partition coefficient (Wildman–Crippen LogP) is 4.09. The fourth-order valence-corrected chi connectivity index (χ4v) is 5.58. The van der Waals surface area contributed by atoms with Gasteiger partial charge in [0, 0.05) is 41.4 Å². The molecule has 0 radical (unpaired) electrons. The molecule has 0 aliphatic carbocycles. The second-order valence-corrected chi connectivity index (χ2v) is 11.7. The Kier molecular flexibility index (Phi) is 7.56. The van der Waals surface area contributed by atoms with Crippen molar-refractivity contribution in [2.75, 3.05) is 25.9 Å². The number of H-pyrrole nitrogens is 1. The van der Waals surface area contributed by atoms with Crippen molar-refractivity contribution in [3.63, 3.8) is 0 Å². The van der Waals surface area contributed by atoms with Crippen molar-refractivity contribution in [2.24, 2.45) is 11.7 Å². The molecular weight excluding hydrogens is 501 g/mol. The molecule has 1 unspecified atom stereocenters. The molecule has 1 atom stereocenters. The highest BCUT2D eigenvalue weighted by Crippen LogP contribution is 2.37. The number of aromatic amines is 1. The van der Waals surface area contributed by atoms with Gasteiger partial charge in [0.1, 0.15) is 17.6 Å². The Morgan fingerprint density at radius 2 is 1.95 bits per heavy atom. The molecule has 0 bridgehead atoms. The Hall–Kier alpha value is -3.44. The van der Waals surface area contributed by atoms with Gasteiger partial charge in [-0.15, -0.1) is 0 Å². The predicted molar refractivity (Wildman–Crippen MR) is 137 cm³/mol. The van der Waals surface area contributed by atoms with E-state index >= 15 is 0 Å². The van der Waals surface area contributed by atoms with E-state index in [9.17, 15) is 27.5 Å². The van der Waals surface area contributed by atoms with E-state index in [0.29, 0.717) is 42.0 Å². The maximum atomic E-state index is 14.8. The van der Waals surface area contributed by atoms with Crippen LogP contribution < -0.4 is 5.73 Å². The molecule has 198 valence electrons. The van der Waals surface area contributed by atoms with Crippen LogP contribution in [-0.4, -0.2) is 61.4 Å². The Bertz CT molecular complexity index is 1440. The van der Waals surface area contributed by atoms with Gasteiger partial charge in [-0.3, -0.25) is 0 Å². The molecular formula is C26H30FN3O6S. The smallest absolute Gasteiger partial charge is 0.410 e. The molecule has 1 aromatic heterocycles. The SMILES string of the molecule is CC(OC(=O)N1CCC(CN)CC1)c1cccc2c(-c3ccc(CS(C)(=O)=O)c(F)c3)c(C(=O)O)[nH]c12. The molecule has 4 N–H and O–H groups in total. The summed E-state index contributed by atoms with van der Waals surface area (Å²) in [6.45, 7) is 3.43. The number of aromatic carboxylic acids is 1. The summed E-state index contributed by atoms with van der Waals surface area (Å²) >= 11 is 0. The molecule has 37 heavy (non-hydrogen) atoms. The number of fused-ring (bicyclic) bond motifs is 1. The third-order valence-corrected chi connectivity index (χ3v) is 7.60. The van der Waals surface area contributed by atoms with Gasteiger partial charge in [-0.05, 0) is 43.9 Å². The summed E-state index contributed by atoms with van der Waals surface area (Å²) < 4.78 is 43.7. The lowest BCUT2D eigenvalue weighted by Crippen LogP contribution is -2.40. The number of carboxylic acids is 1. The van der Waals surface area contributed by atoms with Crippen LogP contribution in [0.25, 0.3) is 22.0 Å². The van der Waals surface area contributed by atoms with Gasteiger partial charge in [-0.2, -0.15) is 0 Å². The van der Waals surface area contributed by atoms with E-state index in [0.717, 1.165) is 25.2 Å². The zero-order valence-corrected chi connectivity index (χ0v) is 21.5. The van der Waals surface area contributed by atoms with Gasteiger partial charge in [0.2, 0.25) is 0 Å².